The molecule has 136 valence electrons. The Morgan fingerprint density at radius 3 is 1.58 bits per heavy atom. The molecular weight excluding hydrogens is 344 g/mol. The van der Waals surface area contributed by atoms with E-state index in [1.54, 1.807) is 0 Å². The molecule has 0 fully saturated rings. The van der Waals surface area contributed by atoms with Gasteiger partial charge in [-0.15, -0.1) is 0 Å². The molecule has 0 radical (unpaired) electrons. The summed E-state index contributed by atoms with van der Waals surface area (Å²) in [5.41, 5.74) is 0. The van der Waals surface area contributed by atoms with Crippen LogP contribution in [0, 0.1) is 0 Å². The Morgan fingerprint density at radius 1 is 0.833 bits per heavy atom. The maximum atomic E-state index is 11.4. The first-order valence-electron chi connectivity index (χ1n) is 6.87. The molecule has 0 aliphatic rings. The van der Waals surface area contributed by atoms with Gasteiger partial charge in [0, 0.05) is 33.1 Å². The van der Waals surface area contributed by atoms with E-state index in [2.05, 4.69) is 0 Å². The van der Waals surface area contributed by atoms with Crippen molar-refractivity contribution >= 4 is 41.5 Å². The molecule has 0 spiro atoms. The minimum absolute atomic E-state index is 0.729. The van der Waals surface area contributed by atoms with Crippen molar-refractivity contribution in [3.63, 3.8) is 0 Å². The van der Waals surface area contributed by atoms with E-state index >= 15 is 0 Å². The first-order chi connectivity index (χ1) is 11.1. The normalized spacial score (nSPS) is 15.2. The van der Waals surface area contributed by atoms with Crippen molar-refractivity contribution in [1.82, 2.24) is 0 Å². The number of hydrogen-bond acceptors (Lipinski definition) is 10. The number of rotatable bonds is 9. The lowest BCUT2D eigenvalue weighted by molar-refractivity contribution is -0.195. The number of hydrogen-bond donors (Lipinski definition) is 1. The van der Waals surface area contributed by atoms with Gasteiger partial charge in [0.05, 0.1) is 6.61 Å². The quantitative estimate of drug-likeness (QED) is 0.331. The van der Waals surface area contributed by atoms with Crippen molar-refractivity contribution < 1.29 is 43.2 Å². The lowest BCUT2D eigenvalue weighted by atomic mass is 10.0. The first-order valence-corrected chi connectivity index (χ1v) is 7.34. The molecule has 0 bridgehead atoms. The highest BCUT2D eigenvalue weighted by atomic mass is 32.1. The van der Waals surface area contributed by atoms with Gasteiger partial charge in [-0.3, -0.25) is 19.2 Å². The summed E-state index contributed by atoms with van der Waals surface area (Å²) in [5, 5.41) is 10.4. The van der Waals surface area contributed by atoms with E-state index in [0.29, 0.717) is 0 Å². The summed E-state index contributed by atoms with van der Waals surface area (Å²) in [5.74, 6) is -3.08. The van der Waals surface area contributed by atoms with Gasteiger partial charge >= 0.3 is 23.9 Å². The van der Waals surface area contributed by atoms with Crippen LogP contribution in [0.3, 0.4) is 0 Å². The second-order valence-electron chi connectivity index (χ2n) is 4.69. The van der Waals surface area contributed by atoms with E-state index in [9.17, 15) is 24.3 Å². The highest BCUT2D eigenvalue weighted by Gasteiger charge is 2.42. The van der Waals surface area contributed by atoms with Gasteiger partial charge in [0.25, 0.3) is 0 Å². The molecule has 0 aliphatic heterocycles. The SMILES string of the molecule is CC(=O)O[C@H]([C@H](OC(C)=O)[C@@H](C=S)OC(C)=O)[C@@H](CO)OC(C)=O. The highest BCUT2D eigenvalue weighted by Crippen LogP contribution is 2.18. The van der Waals surface area contributed by atoms with Crippen molar-refractivity contribution in [3.05, 3.63) is 0 Å². The summed E-state index contributed by atoms with van der Waals surface area (Å²) in [7, 11) is 0. The molecule has 0 amide bonds. The Bertz CT molecular complexity index is 491. The standard InChI is InChI=1S/C14H20O9S/c1-7(16)20-11(5-15)13(22-9(3)18)14(23-10(4)19)12(6-24)21-8(2)17/h6,11-15H,5H2,1-4H3/t11-,12-,13+,14-/m1/s1. The van der Waals surface area contributed by atoms with Gasteiger partial charge in [-0.25, -0.2) is 0 Å². The van der Waals surface area contributed by atoms with E-state index in [1.807, 2.05) is 0 Å². The molecular formula is C14H20O9S. The molecule has 0 rings (SSSR count). The lowest BCUT2D eigenvalue weighted by Gasteiger charge is -2.33. The van der Waals surface area contributed by atoms with Crippen LogP contribution in [-0.2, 0) is 38.1 Å². The van der Waals surface area contributed by atoms with Crippen molar-refractivity contribution in [1.29, 1.82) is 0 Å². The van der Waals surface area contributed by atoms with Gasteiger partial charge in [0.1, 0.15) is 0 Å². The Labute approximate surface area is 144 Å². The fourth-order valence-electron chi connectivity index (χ4n) is 1.84. The van der Waals surface area contributed by atoms with E-state index in [4.69, 9.17) is 31.2 Å². The van der Waals surface area contributed by atoms with E-state index in [0.717, 1.165) is 33.1 Å². The number of carbonyl (C=O) groups is 4. The maximum Gasteiger partial charge on any atom is 0.303 e. The number of esters is 4. The average Bonchev–Trinajstić information content (AvgIpc) is 2.45. The molecule has 4 atom stereocenters. The number of aliphatic hydroxyl groups is 1. The third-order valence-electron chi connectivity index (χ3n) is 2.55. The summed E-state index contributed by atoms with van der Waals surface area (Å²) in [6, 6.07) is 0. The van der Waals surface area contributed by atoms with Crippen LogP contribution in [-0.4, -0.2) is 65.4 Å². The molecule has 0 aromatic rings. The third-order valence-corrected chi connectivity index (χ3v) is 2.82. The van der Waals surface area contributed by atoms with Crippen molar-refractivity contribution in [2.24, 2.45) is 0 Å². The maximum absolute atomic E-state index is 11.4. The zero-order chi connectivity index (χ0) is 18.9. The van der Waals surface area contributed by atoms with Crippen LogP contribution in [0.5, 0.6) is 0 Å². The smallest absolute Gasteiger partial charge is 0.303 e. The van der Waals surface area contributed by atoms with Crippen LogP contribution in [0.2, 0.25) is 0 Å². The number of ether oxygens (including phenoxy) is 4. The summed E-state index contributed by atoms with van der Waals surface area (Å²) < 4.78 is 19.9. The van der Waals surface area contributed by atoms with Gasteiger partial charge in [-0.2, -0.15) is 0 Å². The Morgan fingerprint density at radius 2 is 1.25 bits per heavy atom. The Hall–Kier alpha value is -2.07. The molecule has 1 N–H and O–H groups in total. The van der Waals surface area contributed by atoms with Gasteiger partial charge in [-0.05, 0) is 0 Å². The van der Waals surface area contributed by atoms with Crippen LogP contribution in [0.1, 0.15) is 27.7 Å². The fourth-order valence-corrected chi connectivity index (χ4v) is 2.05. The highest BCUT2D eigenvalue weighted by molar-refractivity contribution is 7.79. The molecule has 24 heavy (non-hydrogen) atoms. The second-order valence-corrected chi connectivity index (χ2v) is 4.96. The minimum Gasteiger partial charge on any atom is -0.456 e. The van der Waals surface area contributed by atoms with Gasteiger partial charge in [0.15, 0.2) is 24.4 Å². The zero-order valence-corrected chi connectivity index (χ0v) is 14.5. The summed E-state index contributed by atoms with van der Waals surface area (Å²) in [4.78, 5) is 45.1. The van der Waals surface area contributed by atoms with Crippen LogP contribution >= 0.6 is 12.2 Å². The van der Waals surface area contributed by atoms with Crippen LogP contribution in [0.15, 0.2) is 0 Å². The predicted octanol–water partition coefficient (Wildman–Crippen LogP) is -0.295. The van der Waals surface area contributed by atoms with E-state index in [-0.39, 0.29) is 0 Å². The summed E-state index contributed by atoms with van der Waals surface area (Å²) >= 11 is 4.76. The van der Waals surface area contributed by atoms with Crippen molar-refractivity contribution in [3.8, 4) is 0 Å². The lowest BCUT2D eigenvalue weighted by Crippen LogP contribution is -2.53. The number of thiocarbonyl (C=S) groups is 1. The zero-order valence-electron chi connectivity index (χ0n) is 13.7. The molecule has 0 saturated carbocycles. The molecule has 0 aromatic heterocycles. The molecule has 0 heterocycles. The first kappa shape index (κ1) is 21.9. The van der Waals surface area contributed by atoms with Crippen molar-refractivity contribution in [2.45, 2.75) is 52.1 Å². The summed E-state index contributed by atoms with van der Waals surface area (Å²) in [6.07, 6.45) is -5.48. The molecule has 0 saturated heterocycles. The van der Waals surface area contributed by atoms with Crippen LogP contribution in [0.4, 0.5) is 0 Å². The molecule has 0 aliphatic carbocycles. The Kier molecular flexibility index (Phi) is 9.74. The Balaban J connectivity index is 5.79. The molecule has 9 nitrogen and oxygen atoms in total. The molecule has 0 unspecified atom stereocenters. The average molecular weight is 364 g/mol. The van der Waals surface area contributed by atoms with Gasteiger partial charge < -0.3 is 24.1 Å². The largest absolute Gasteiger partial charge is 0.456 e. The molecule has 10 heteroatoms. The van der Waals surface area contributed by atoms with E-state index < -0.39 is 54.9 Å². The monoisotopic (exact) mass is 364 g/mol. The fraction of sp³-hybridized carbons (Fsp3) is 0.643. The topological polar surface area (TPSA) is 125 Å². The molecule has 0 aromatic carbocycles. The number of carbonyl (C=O) groups excluding carboxylic acids is 4. The predicted molar refractivity (Wildman–Crippen MR) is 83.0 cm³/mol. The van der Waals surface area contributed by atoms with Crippen LogP contribution in [0.25, 0.3) is 0 Å². The van der Waals surface area contributed by atoms with Gasteiger partial charge in [0.2, 0.25) is 0 Å². The minimum atomic E-state index is -1.44. The van der Waals surface area contributed by atoms with Crippen molar-refractivity contribution in [2.75, 3.05) is 6.61 Å². The van der Waals surface area contributed by atoms with Crippen LogP contribution < -0.4 is 0 Å². The third kappa shape index (κ3) is 7.97. The number of aliphatic hydroxyl groups excluding tert-OH is 1. The van der Waals surface area contributed by atoms with E-state index in [1.165, 1.54) is 0 Å². The second kappa shape index (κ2) is 10.7. The van der Waals surface area contributed by atoms with Gasteiger partial charge in [-0.1, -0.05) is 12.2 Å². The summed E-state index contributed by atoms with van der Waals surface area (Å²) in [6.45, 7) is 3.59.